The van der Waals surface area contributed by atoms with E-state index in [1.165, 1.54) is 16.7 Å². The summed E-state index contributed by atoms with van der Waals surface area (Å²) in [5, 5.41) is 6.27. The van der Waals surface area contributed by atoms with Crippen LogP contribution in [-0.2, 0) is 17.9 Å². The van der Waals surface area contributed by atoms with Gasteiger partial charge in [-0.25, -0.2) is 0 Å². The van der Waals surface area contributed by atoms with Gasteiger partial charge in [-0.15, -0.1) is 0 Å². The first-order valence-corrected chi connectivity index (χ1v) is 7.72. The van der Waals surface area contributed by atoms with Gasteiger partial charge in [0.25, 0.3) is 0 Å². The molecule has 2 N–H and O–H groups in total. The molecule has 0 unspecified atom stereocenters. The van der Waals surface area contributed by atoms with Crippen molar-refractivity contribution in [3.8, 4) is 0 Å². The van der Waals surface area contributed by atoms with Crippen molar-refractivity contribution in [2.24, 2.45) is 0 Å². The summed E-state index contributed by atoms with van der Waals surface area (Å²) in [5.74, 6) is 0.0814. The topological polar surface area (TPSA) is 41.1 Å². The molecule has 3 nitrogen and oxygen atoms in total. The van der Waals surface area contributed by atoms with Crippen molar-refractivity contribution >= 4 is 5.91 Å². The third-order valence-electron chi connectivity index (χ3n) is 3.72. The van der Waals surface area contributed by atoms with Gasteiger partial charge in [-0.2, -0.15) is 0 Å². The molecule has 0 heterocycles. The molecule has 0 saturated carbocycles. The molecule has 0 aliphatic heterocycles. The normalized spacial score (nSPS) is 10.5. The Morgan fingerprint density at radius 1 is 0.955 bits per heavy atom. The summed E-state index contributed by atoms with van der Waals surface area (Å²) in [6, 6.07) is 16.5. The van der Waals surface area contributed by atoms with Gasteiger partial charge in [-0.1, -0.05) is 54.1 Å². The highest BCUT2D eigenvalue weighted by Crippen LogP contribution is 2.06. The Morgan fingerprint density at radius 2 is 1.68 bits per heavy atom. The summed E-state index contributed by atoms with van der Waals surface area (Å²) in [5.41, 5.74) is 4.92. The molecule has 3 heteroatoms. The molecule has 0 aliphatic rings. The van der Waals surface area contributed by atoms with E-state index in [-0.39, 0.29) is 5.91 Å². The number of rotatable bonds is 7. The highest BCUT2D eigenvalue weighted by molar-refractivity contribution is 5.76. The average molecular weight is 296 g/mol. The van der Waals surface area contributed by atoms with Gasteiger partial charge in [0.05, 0.1) is 0 Å². The van der Waals surface area contributed by atoms with Crippen LogP contribution in [-0.4, -0.2) is 12.5 Å². The lowest BCUT2D eigenvalue weighted by Gasteiger charge is -2.08. The Morgan fingerprint density at radius 3 is 2.41 bits per heavy atom. The first kappa shape index (κ1) is 16.2. The van der Waals surface area contributed by atoms with Gasteiger partial charge in [-0.3, -0.25) is 4.79 Å². The average Bonchev–Trinajstić information content (AvgIpc) is 2.52. The largest absolute Gasteiger partial charge is 0.352 e. The zero-order valence-corrected chi connectivity index (χ0v) is 13.4. The maximum absolute atomic E-state index is 11.8. The van der Waals surface area contributed by atoms with Gasteiger partial charge < -0.3 is 10.6 Å². The van der Waals surface area contributed by atoms with Crippen LogP contribution in [0.3, 0.4) is 0 Å². The molecular formula is C19H24N2O. The van der Waals surface area contributed by atoms with Crippen LogP contribution in [0.15, 0.2) is 48.5 Å². The summed E-state index contributed by atoms with van der Waals surface area (Å²) in [7, 11) is 0. The van der Waals surface area contributed by atoms with Crippen LogP contribution in [0.1, 0.15) is 28.7 Å². The molecule has 0 aromatic heterocycles. The molecule has 0 aliphatic carbocycles. The molecule has 2 aromatic rings. The Kier molecular flexibility index (Phi) is 6.16. The summed E-state index contributed by atoms with van der Waals surface area (Å²) in [6.07, 6.45) is 0.498. The monoisotopic (exact) mass is 296 g/mol. The third kappa shape index (κ3) is 5.34. The predicted molar refractivity (Wildman–Crippen MR) is 90.5 cm³/mol. The lowest BCUT2D eigenvalue weighted by Crippen LogP contribution is -2.27. The molecule has 2 aromatic carbocycles. The van der Waals surface area contributed by atoms with Crippen molar-refractivity contribution in [3.63, 3.8) is 0 Å². The van der Waals surface area contributed by atoms with Gasteiger partial charge in [0.15, 0.2) is 0 Å². The van der Waals surface area contributed by atoms with Crippen molar-refractivity contribution in [2.75, 3.05) is 6.54 Å². The number of benzene rings is 2. The Labute approximate surface area is 132 Å². The molecule has 0 saturated heterocycles. The molecule has 0 atom stereocenters. The van der Waals surface area contributed by atoms with Crippen molar-refractivity contribution < 1.29 is 4.79 Å². The van der Waals surface area contributed by atoms with Crippen LogP contribution in [0.5, 0.6) is 0 Å². The lowest BCUT2D eigenvalue weighted by atomic mass is 10.1. The molecular weight excluding hydrogens is 272 g/mol. The summed E-state index contributed by atoms with van der Waals surface area (Å²) in [4.78, 5) is 11.8. The number of carbonyl (C=O) groups excluding carboxylic acids is 1. The minimum Gasteiger partial charge on any atom is -0.352 e. The van der Waals surface area contributed by atoms with Crippen LogP contribution in [0, 0.1) is 13.8 Å². The number of nitrogens with one attached hydrogen (secondary N) is 2. The van der Waals surface area contributed by atoms with Crippen LogP contribution in [0.2, 0.25) is 0 Å². The second-order valence-electron chi connectivity index (χ2n) is 5.62. The van der Waals surface area contributed by atoms with E-state index in [2.05, 4.69) is 48.7 Å². The number of amides is 1. The summed E-state index contributed by atoms with van der Waals surface area (Å²) in [6.45, 7) is 6.25. The van der Waals surface area contributed by atoms with Gasteiger partial charge in [0, 0.05) is 26.1 Å². The van der Waals surface area contributed by atoms with Gasteiger partial charge >= 0.3 is 0 Å². The minimum absolute atomic E-state index is 0.0814. The van der Waals surface area contributed by atoms with Gasteiger partial charge in [0.2, 0.25) is 5.91 Å². The molecule has 0 bridgehead atoms. The van der Waals surface area contributed by atoms with E-state index >= 15 is 0 Å². The third-order valence-corrected chi connectivity index (χ3v) is 3.72. The number of hydrogen-bond donors (Lipinski definition) is 2. The first-order chi connectivity index (χ1) is 10.6. The first-order valence-electron chi connectivity index (χ1n) is 7.72. The molecule has 116 valence electrons. The molecule has 1 amide bonds. The van der Waals surface area contributed by atoms with E-state index < -0.39 is 0 Å². The summed E-state index contributed by atoms with van der Waals surface area (Å²) >= 11 is 0. The van der Waals surface area contributed by atoms with Crippen molar-refractivity contribution in [3.05, 3.63) is 70.8 Å². The van der Waals surface area contributed by atoms with E-state index in [0.29, 0.717) is 19.5 Å². The number of carbonyl (C=O) groups is 1. The quantitative estimate of drug-likeness (QED) is 0.771. The number of aryl methyl sites for hydroxylation is 2. The van der Waals surface area contributed by atoms with E-state index in [4.69, 9.17) is 0 Å². The molecule has 0 fully saturated rings. The van der Waals surface area contributed by atoms with Crippen molar-refractivity contribution in [1.82, 2.24) is 10.6 Å². The van der Waals surface area contributed by atoms with Gasteiger partial charge in [0.1, 0.15) is 0 Å². The molecule has 2 rings (SSSR count). The highest BCUT2D eigenvalue weighted by Gasteiger charge is 2.02. The Balaban J connectivity index is 1.64. The van der Waals surface area contributed by atoms with Crippen molar-refractivity contribution in [2.45, 2.75) is 33.4 Å². The maximum Gasteiger partial charge on any atom is 0.221 e. The highest BCUT2D eigenvalue weighted by atomic mass is 16.1. The molecule has 0 radical (unpaired) electrons. The Hall–Kier alpha value is -2.13. The second kappa shape index (κ2) is 8.35. The van der Waals surface area contributed by atoms with Crippen LogP contribution in [0.4, 0.5) is 0 Å². The fraction of sp³-hybridized carbons (Fsp3) is 0.316. The SMILES string of the molecule is Cc1ccc(CNC(=O)CCNCc2ccccc2C)cc1. The smallest absolute Gasteiger partial charge is 0.221 e. The second-order valence-corrected chi connectivity index (χ2v) is 5.62. The Bertz CT molecular complexity index is 605. The molecule has 0 spiro atoms. The lowest BCUT2D eigenvalue weighted by molar-refractivity contribution is -0.121. The van der Waals surface area contributed by atoms with E-state index in [0.717, 1.165) is 12.1 Å². The maximum atomic E-state index is 11.8. The zero-order valence-electron chi connectivity index (χ0n) is 13.4. The van der Waals surface area contributed by atoms with E-state index in [9.17, 15) is 4.79 Å². The molecule has 22 heavy (non-hydrogen) atoms. The van der Waals surface area contributed by atoms with Crippen molar-refractivity contribution in [1.29, 1.82) is 0 Å². The predicted octanol–water partition coefficient (Wildman–Crippen LogP) is 3.10. The number of hydrogen-bond acceptors (Lipinski definition) is 2. The standard InChI is InChI=1S/C19H24N2O/c1-15-7-9-17(10-8-15)13-21-19(22)11-12-20-14-18-6-4-3-5-16(18)2/h3-10,20H,11-14H2,1-2H3,(H,21,22). The fourth-order valence-corrected chi connectivity index (χ4v) is 2.23. The van der Waals surface area contributed by atoms with E-state index in [1.54, 1.807) is 0 Å². The van der Waals surface area contributed by atoms with E-state index in [1.807, 2.05) is 24.3 Å². The van der Waals surface area contributed by atoms with Crippen LogP contribution in [0.25, 0.3) is 0 Å². The van der Waals surface area contributed by atoms with Crippen LogP contribution >= 0.6 is 0 Å². The van der Waals surface area contributed by atoms with Crippen LogP contribution < -0.4 is 10.6 Å². The minimum atomic E-state index is 0.0814. The van der Waals surface area contributed by atoms with Gasteiger partial charge in [-0.05, 0) is 30.5 Å². The summed E-state index contributed by atoms with van der Waals surface area (Å²) < 4.78 is 0. The zero-order chi connectivity index (χ0) is 15.8. The fourth-order valence-electron chi connectivity index (χ4n) is 2.23.